The number of carbonyl (C=O) groups is 1. The van der Waals surface area contributed by atoms with Crippen LogP contribution < -0.4 is 5.32 Å². The zero-order chi connectivity index (χ0) is 11.9. The molecule has 0 aliphatic carbocycles. The van der Waals surface area contributed by atoms with Gasteiger partial charge in [-0.05, 0) is 38.2 Å². The van der Waals surface area contributed by atoms with Gasteiger partial charge in [-0.15, -0.1) is 0 Å². The first kappa shape index (κ1) is 10.8. The lowest BCUT2D eigenvalue weighted by Crippen LogP contribution is -2.61. The van der Waals surface area contributed by atoms with Gasteiger partial charge >= 0.3 is 6.09 Å². The summed E-state index contributed by atoms with van der Waals surface area (Å²) < 4.78 is 0. The molecule has 92 valence electrons. The minimum Gasteiger partial charge on any atom is -0.465 e. The summed E-state index contributed by atoms with van der Waals surface area (Å²) in [6, 6.07) is 0.467. The van der Waals surface area contributed by atoms with Crippen molar-refractivity contribution in [2.75, 3.05) is 0 Å². The molecule has 2 fully saturated rings. The van der Waals surface area contributed by atoms with E-state index in [2.05, 4.69) is 10.3 Å². The third-order valence-corrected chi connectivity index (χ3v) is 4.24. The molecule has 0 radical (unpaired) electrons. The quantitative estimate of drug-likeness (QED) is 0.725. The molecular weight excluding hydrogens is 218 g/mol. The molecule has 0 spiro atoms. The highest BCUT2D eigenvalue weighted by Crippen LogP contribution is 2.40. The fraction of sp³-hybridized carbons (Fsp3) is 0.667. The van der Waals surface area contributed by atoms with Gasteiger partial charge in [0.1, 0.15) is 6.34 Å². The fourth-order valence-corrected chi connectivity index (χ4v) is 3.47. The largest absolute Gasteiger partial charge is 0.465 e. The van der Waals surface area contributed by atoms with Crippen LogP contribution in [0.1, 0.15) is 32.1 Å². The molecular formula is C12H17N3O2. The first-order valence-electron chi connectivity index (χ1n) is 6.20. The van der Waals surface area contributed by atoms with E-state index in [1.807, 2.05) is 6.08 Å². The number of fused-ring (bicyclic) bond motifs is 2. The van der Waals surface area contributed by atoms with Crippen molar-refractivity contribution in [2.45, 2.75) is 49.7 Å². The Hall–Kier alpha value is -1.36. The van der Waals surface area contributed by atoms with E-state index in [1.54, 1.807) is 6.20 Å². The Bertz CT molecular complexity index is 389. The molecule has 3 atom stereocenters. The first-order chi connectivity index (χ1) is 8.21. The number of carboxylic acid groups (broad SMARTS) is 1. The second-order valence-electron chi connectivity index (χ2n) is 5.17. The molecule has 3 aliphatic rings. The van der Waals surface area contributed by atoms with Crippen molar-refractivity contribution < 1.29 is 9.90 Å². The lowest BCUT2D eigenvalue weighted by atomic mass is 9.82. The van der Waals surface area contributed by atoms with Crippen LogP contribution in [0.5, 0.6) is 0 Å². The van der Waals surface area contributed by atoms with Crippen molar-refractivity contribution in [2.24, 2.45) is 4.99 Å². The van der Waals surface area contributed by atoms with E-state index in [1.165, 1.54) is 24.1 Å². The summed E-state index contributed by atoms with van der Waals surface area (Å²) in [6.45, 7) is 0. The average Bonchev–Trinajstić information content (AvgIpc) is 2.66. The molecule has 2 saturated heterocycles. The number of hydrogen-bond donors (Lipinski definition) is 2. The number of nitrogens with one attached hydrogen (secondary N) is 1. The van der Waals surface area contributed by atoms with Crippen LogP contribution in [0.3, 0.4) is 0 Å². The van der Waals surface area contributed by atoms with Crippen molar-refractivity contribution in [3.63, 3.8) is 0 Å². The molecule has 0 saturated carbocycles. The molecule has 17 heavy (non-hydrogen) atoms. The Morgan fingerprint density at radius 2 is 2.35 bits per heavy atom. The monoisotopic (exact) mass is 235 g/mol. The van der Waals surface area contributed by atoms with Crippen LogP contribution in [0.15, 0.2) is 17.3 Å². The Morgan fingerprint density at radius 1 is 1.47 bits per heavy atom. The summed E-state index contributed by atoms with van der Waals surface area (Å²) >= 11 is 0. The molecule has 5 heteroatoms. The van der Waals surface area contributed by atoms with Gasteiger partial charge in [0, 0.05) is 17.8 Å². The van der Waals surface area contributed by atoms with Gasteiger partial charge in [0.25, 0.3) is 0 Å². The predicted molar refractivity (Wildman–Crippen MR) is 64.0 cm³/mol. The minimum absolute atomic E-state index is 0.0652. The van der Waals surface area contributed by atoms with Crippen molar-refractivity contribution in [3.8, 4) is 0 Å². The van der Waals surface area contributed by atoms with Gasteiger partial charge in [-0.2, -0.15) is 0 Å². The highest BCUT2D eigenvalue weighted by molar-refractivity contribution is 5.83. The third-order valence-electron chi connectivity index (χ3n) is 4.24. The Kier molecular flexibility index (Phi) is 2.43. The molecule has 0 aromatic rings. The zero-order valence-electron chi connectivity index (χ0n) is 9.67. The molecule has 2 bridgehead atoms. The number of nitrogens with zero attached hydrogens (tertiary/aromatic N) is 2. The smallest absolute Gasteiger partial charge is 0.413 e. The summed E-state index contributed by atoms with van der Waals surface area (Å²) in [5.41, 5.74) is -0.0652. The number of piperidine rings is 1. The van der Waals surface area contributed by atoms with Crippen molar-refractivity contribution in [1.29, 1.82) is 0 Å². The maximum atomic E-state index is 11.3. The summed E-state index contributed by atoms with van der Waals surface area (Å²) in [6.07, 6.45) is 9.80. The fourth-order valence-electron chi connectivity index (χ4n) is 3.47. The number of amides is 1. The van der Waals surface area contributed by atoms with Gasteiger partial charge in [0.05, 0.1) is 6.04 Å². The zero-order valence-corrected chi connectivity index (χ0v) is 9.67. The molecule has 5 nitrogen and oxygen atoms in total. The van der Waals surface area contributed by atoms with Crippen LogP contribution >= 0.6 is 0 Å². The van der Waals surface area contributed by atoms with Crippen LogP contribution in [-0.2, 0) is 0 Å². The van der Waals surface area contributed by atoms with E-state index in [0.717, 1.165) is 19.3 Å². The highest BCUT2D eigenvalue weighted by atomic mass is 16.4. The maximum Gasteiger partial charge on any atom is 0.413 e. The Labute approximate surface area is 100 Å². The van der Waals surface area contributed by atoms with Crippen LogP contribution in [0.25, 0.3) is 0 Å². The predicted octanol–water partition coefficient (Wildman–Crippen LogP) is 1.57. The molecule has 2 N–H and O–H groups in total. The van der Waals surface area contributed by atoms with Gasteiger partial charge in [-0.1, -0.05) is 0 Å². The summed E-state index contributed by atoms with van der Waals surface area (Å²) in [5, 5.41) is 12.9. The van der Waals surface area contributed by atoms with Gasteiger partial charge in [0.15, 0.2) is 0 Å². The van der Waals surface area contributed by atoms with Gasteiger partial charge in [0.2, 0.25) is 0 Å². The van der Waals surface area contributed by atoms with Crippen LogP contribution in [0, 0.1) is 0 Å². The SMILES string of the molecule is O=C(O)N1C=NC=CC1C12CCCC(CC1)N2. The summed E-state index contributed by atoms with van der Waals surface area (Å²) in [5.74, 6) is 0. The second-order valence-corrected chi connectivity index (χ2v) is 5.17. The molecule has 1 amide bonds. The van der Waals surface area contributed by atoms with Gasteiger partial charge in [-0.25, -0.2) is 9.79 Å². The van der Waals surface area contributed by atoms with Gasteiger partial charge < -0.3 is 10.4 Å². The average molecular weight is 235 g/mol. The highest BCUT2D eigenvalue weighted by Gasteiger charge is 2.49. The minimum atomic E-state index is -0.923. The Balaban J connectivity index is 1.89. The van der Waals surface area contributed by atoms with Crippen molar-refractivity contribution >= 4 is 12.4 Å². The molecule has 3 unspecified atom stereocenters. The van der Waals surface area contributed by atoms with Crippen molar-refractivity contribution in [1.82, 2.24) is 10.2 Å². The maximum absolute atomic E-state index is 11.3. The van der Waals surface area contributed by atoms with E-state index < -0.39 is 6.09 Å². The number of aliphatic imine (C=N–C) groups is 1. The second kappa shape index (κ2) is 3.84. The van der Waals surface area contributed by atoms with E-state index in [9.17, 15) is 9.90 Å². The number of hydrogen-bond acceptors (Lipinski definition) is 3. The molecule has 3 heterocycles. The lowest BCUT2D eigenvalue weighted by molar-refractivity contribution is 0.130. The first-order valence-corrected chi connectivity index (χ1v) is 6.20. The van der Waals surface area contributed by atoms with Crippen LogP contribution in [0.4, 0.5) is 4.79 Å². The van der Waals surface area contributed by atoms with E-state index in [-0.39, 0.29) is 11.6 Å². The van der Waals surface area contributed by atoms with Crippen LogP contribution in [0.2, 0.25) is 0 Å². The van der Waals surface area contributed by atoms with E-state index >= 15 is 0 Å². The normalized spacial score (nSPS) is 39.6. The van der Waals surface area contributed by atoms with Crippen LogP contribution in [-0.4, -0.2) is 40.1 Å². The lowest BCUT2D eigenvalue weighted by Gasteiger charge is -2.43. The van der Waals surface area contributed by atoms with Crippen molar-refractivity contribution in [3.05, 3.63) is 12.3 Å². The van der Waals surface area contributed by atoms with E-state index in [4.69, 9.17) is 0 Å². The van der Waals surface area contributed by atoms with Gasteiger partial charge in [-0.3, -0.25) is 4.90 Å². The molecule has 3 rings (SSSR count). The summed E-state index contributed by atoms with van der Waals surface area (Å²) in [7, 11) is 0. The number of rotatable bonds is 1. The third kappa shape index (κ3) is 1.65. The topological polar surface area (TPSA) is 64.9 Å². The summed E-state index contributed by atoms with van der Waals surface area (Å²) in [4.78, 5) is 16.5. The Morgan fingerprint density at radius 3 is 3.18 bits per heavy atom. The molecule has 0 aromatic carbocycles. The van der Waals surface area contributed by atoms with E-state index in [0.29, 0.717) is 6.04 Å². The molecule has 3 aliphatic heterocycles. The standard InChI is InChI=1S/C12H17N3O2/c16-11(17)15-8-13-7-4-10(15)12-5-1-2-9(14-12)3-6-12/h4,7-10,14H,1-3,5-6H2,(H,16,17). The molecule has 0 aromatic heterocycles.